The SMILES string of the molecule is COc1cccc(OCCNC(=O)c2ccc(NS(=O)(=O)c3cccs3)cc2)c1. The summed E-state index contributed by atoms with van der Waals surface area (Å²) in [7, 11) is -2.03. The molecule has 29 heavy (non-hydrogen) atoms. The van der Waals surface area contributed by atoms with Crippen LogP contribution in [0.15, 0.2) is 70.3 Å². The van der Waals surface area contributed by atoms with Crippen LogP contribution in [0.2, 0.25) is 0 Å². The summed E-state index contributed by atoms with van der Waals surface area (Å²) >= 11 is 1.14. The van der Waals surface area contributed by atoms with E-state index in [4.69, 9.17) is 9.47 Å². The molecular weight excluding hydrogens is 412 g/mol. The summed E-state index contributed by atoms with van der Waals surface area (Å²) in [6, 6.07) is 16.6. The summed E-state index contributed by atoms with van der Waals surface area (Å²) in [5.74, 6) is 1.08. The molecule has 0 aliphatic heterocycles. The van der Waals surface area contributed by atoms with Crippen molar-refractivity contribution in [1.29, 1.82) is 0 Å². The van der Waals surface area contributed by atoms with E-state index in [2.05, 4.69) is 10.0 Å². The third-order valence-corrected chi connectivity index (χ3v) is 6.64. The van der Waals surface area contributed by atoms with Crippen LogP contribution >= 0.6 is 11.3 Å². The molecule has 9 heteroatoms. The lowest BCUT2D eigenvalue weighted by atomic mass is 10.2. The van der Waals surface area contributed by atoms with Gasteiger partial charge in [-0.25, -0.2) is 8.42 Å². The first-order valence-electron chi connectivity index (χ1n) is 8.69. The van der Waals surface area contributed by atoms with Gasteiger partial charge in [0, 0.05) is 17.3 Å². The number of benzene rings is 2. The maximum Gasteiger partial charge on any atom is 0.271 e. The quantitative estimate of drug-likeness (QED) is 0.506. The fraction of sp³-hybridized carbons (Fsp3) is 0.150. The van der Waals surface area contributed by atoms with Gasteiger partial charge in [0.15, 0.2) is 0 Å². The van der Waals surface area contributed by atoms with Gasteiger partial charge in [-0.3, -0.25) is 9.52 Å². The topological polar surface area (TPSA) is 93.7 Å². The Kier molecular flexibility index (Phi) is 6.73. The highest BCUT2D eigenvalue weighted by molar-refractivity contribution is 7.94. The van der Waals surface area contributed by atoms with E-state index in [0.29, 0.717) is 35.9 Å². The molecular formula is C20H20N2O5S2. The van der Waals surface area contributed by atoms with Crippen LogP contribution in [0.1, 0.15) is 10.4 Å². The van der Waals surface area contributed by atoms with E-state index in [0.717, 1.165) is 11.3 Å². The second-order valence-electron chi connectivity index (χ2n) is 5.90. The van der Waals surface area contributed by atoms with Crippen LogP contribution in [0.25, 0.3) is 0 Å². The molecule has 152 valence electrons. The summed E-state index contributed by atoms with van der Waals surface area (Å²) < 4.78 is 37.8. The predicted octanol–water partition coefficient (Wildman–Crippen LogP) is 3.37. The van der Waals surface area contributed by atoms with E-state index in [-0.39, 0.29) is 10.1 Å². The van der Waals surface area contributed by atoms with E-state index in [1.165, 1.54) is 6.07 Å². The normalized spacial score (nSPS) is 10.9. The van der Waals surface area contributed by atoms with Gasteiger partial charge in [0.2, 0.25) is 0 Å². The van der Waals surface area contributed by atoms with Crippen LogP contribution in [0.3, 0.4) is 0 Å². The van der Waals surface area contributed by atoms with Crippen molar-refractivity contribution >= 4 is 33.0 Å². The smallest absolute Gasteiger partial charge is 0.271 e. The second-order valence-corrected chi connectivity index (χ2v) is 8.76. The van der Waals surface area contributed by atoms with Crippen LogP contribution in [-0.2, 0) is 10.0 Å². The van der Waals surface area contributed by atoms with Gasteiger partial charge >= 0.3 is 0 Å². The van der Waals surface area contributed by atoms with Crippen molar-refractivity contribution in [2.75, 3.05) is 25.0 Å². The zero-order chi connectivity index (χ0) is 20.7. The van der Waals surface area contributed by atoms with Crippen molar-refractivity contribution in [2.24, 2.45) is 0 Å². The van der Waals surface area contributed by atoms with E-state index < -0.39 is 10.0 Å². The Labute approximate surface area is 173 Å². The number of hydrogen-bond donors (Lipinski definition) is 2. The Balaban J connectivity index is 1.48. The zero-order valence-corrected chi connectivity index (χ0v) is 17.3. The third kappa shape index (κ3) is 5.72. The summed E-state index contributed by atoms with van der Waals surface area (Å²) in [4.78, 5) is 12.2. The lowest BCUT2D eigenvalue weighted by molar-refractivity contribution is 0.0947. The molecule has 0 atom stereocenters. The van der Waals surface area contributed by atoms with Gasteiger partial charge in [-0.05, 0) is 47.8 Å². The Morgan fingerprint density at radius 3 is 2.48 bits per heavy atom. The highest BCUT2D eigenvalue weighted by atomic mass is 32.2. The van der Waals surface area contributed by atoms with Gasteiger partial charge in [0.05, 0.1) is 13.7 Å². The summed E-state index contributed by atoms with van der Waals surface area (Å²) in [6.07, 6.45) is 0. The molecule has 1 aromatic heterocycles. The number of amides is 1. The monoisotopic (exact) mass is 432 g/mol. The molecule has 7 nitrogen and oxygen atoms in total. The number of hydrogen-bond acceptors (Lipinski definition) is 6. The van der Waals surface area contributed by atoms with Crippen LogP contribution in [-0.4, -0.2) is 34.6 Å². The molecule has 1 heterocycles. The van der Waals surface area contributed by atoms with Gasteiger partial charge in [0.25, 0.3) is 15.9 Å². The fourth-order valence-electron chi connectivity index (χ4n) is 2.44. The molecule has 0 spiro atoms. The molecule has 0 radical (unpaired) electrons. The summed E-state index contributed by atoms with van der Waals surface area (Å²) in [5, 5.41) is 4.45. The van der Waals surface area contributed by atoms with Crippen molar-refractivity contribution in [3.05, 3.63) is 71.6 Å². The molecule has 2 N–H and O–H groups in total. The Morgan fingerprint density at radius 2 is 1.79 bits per heavy atom. The van der Waals surface area contributed by atoms with Gasteiger partial charge < -0.3 is 14.8 Å². The minimum Gasteiger partial charge on any atom is -0.497 e. The van der Waals surface area contributed by atoms with Crippen molar-refractivity contribution in [2.45, 2.75) is 4.21 Å². The van der Waals surface area contributed by atoms with E-state index in [1.807, 2.05) is 12.1 Å². The van der Waals surface area contributed by atoms with Gasteiger partial charge in [-0.15, -0.1) is 11.3 Å². The zero-order valence-electron chi connectivity index (χ0n) is 15.6. The second kappa shape index (κ2) is 9.44. The Morgan fingerprint density at radius 1 is 1.03 bits per heavy atom. The molecule has 1 amide bonds. The number of nitrogens with one attached hydrogen (secondary N) is 2. The molecule has 0 saturated heterocycles. The Hall–Kier alpha value is -3.04. The van der Waals surface area contributed by atoms with Gasteiger partial charge in [0.1, 0.15) is 22.3 Å². The van der Waals surface area contributed by atoms with Crippen molar-refractivity contribution < 1.29 is 22.7 Å². The molecule has 0 aliphatic carbocycles. The number of carbonyl (C=O) groups is 1. The van der Waals surface area contributed by atoms with Crippen LogP contribution < -0.4 is 19.5 Å². The minimum absolute atomic E-state index is 0.232. The summed E-state index contributed by atoms with van der Waals surface area (Å²) in [6.45, 7) is 0.625. The standard InChI is InChI=1S/C20H20N2O5S2/c1-26-17-4-2-5-18(14-17)27-12-11-21-20(23)15-7-9-16(10-8-15)22-29(24,25)19-6-3-13-28-19/h2-10,13-14,22H,11-12H2,1H3,(H,21,23). The number of sulfonamides is 1. The maximum absolute atomic E-state index is 12.2. The van der Waals surface area contributed by atoms with E-state index in [1.54, 1.807) is 55.0 Å². The van der Waals surface area contributed by atoms with Crippen molar-refractivity contribution in [3.63, 3.8) is 0 Å². The average molecular weight is 433 g/mol. The van der Waals surface area contributed by atoms with Crippen molar-refractivity contribution in [1.82, 2.24) is 5.32 Å². The van der Waals surface area contributed by atoms with E-state index in [9.17, 15) is 13.2 Å². The molecule has 0 bridgehead atoms. The largest absolute Gasteiger partial charge is 0.497 e. The molecule has 0 aliphatic rings. The lowest BCUT2D eigenvalue weighted by Crippen LogP contribution is -2.28. The third-order valence-electron chi connectivity index (χ3n) is 3.86. The van der Waals surface area contributed by atoms with Gasteiger partial charge in [-0.1, -0.05) is 12.1 Å². The number of ether oxygens (including phenoxy) is 2. The number of anilines is 1. The minimum atomic E-state index is -3.61. The first-order chi connectivity index (χ1) is 14.0. The number of carbonyl (C=O) groups excluding carboxylic acids is 1. The highest BCUT2D eigenvalue weighted by Crippen LogP contribution is 2.21. The highest BCUT2D eigenvalue weighted by Gasteiger charge is 2.15. The fourth-order valence-corrected chi connectivity index (χ4v) is 4.49. The molecule has 3 rings (SSSR count). The lowest BCUT2D eigenvalue weighted by Gasteiger charge is -2.10. The average Bonchev–Trinajstić information content (AvgIpc) is 3.27. The molecule has 3 aromatic rings. The van der Waals surface area contributed by atoms with Crippen molar-refractivity contribution in [3.8, 4) is 11.5 Å². The molecule has 0 saturated carbocycles. The number of methoxy groups -OCH3 is 1. The van der Waals surface area contributed by atoms with Crippen LogP contribution in [0.4, 0.5) is 5.69 Å². The first kappa shape index (κ1) is 20.7. The first-order valence-corrected chi connectivity index (χ1v) is 11.1. The van der Waals surface area contributed by atoms with Crippen LogP contribution in [0.5, 0.6) is 11.5 Å². The van der Waals surface area contributed by atoms with E-state index >= 15 is 0 Å². The number of rotatable bonds is 9. The Bertz CT molecular complexity index is 1050. The predicted molar refractivity (Wildman–Crippen MR) is 112 cm³/mol. The molecule has 0 fully saturated rings. The summed E-state index contributed by atoms with van der Waals surface area (Å²) in [5.41, 5.74) is 0.807. The van der Waals surface area contributed by atoms with Gasteiger partial charge in [-0.2, -0.15) is 0 Å². The molecule has 2 aromatic carbocycles. The molecule has 0 unspecified atom stereocenters. The number of thiophene rings is 1. The van der Waals surface area contributed by atoms with Crippen LogP contribution in [0, 0.1) is 0 Å². The maximum atomic E-state index is 12.2.